The van der Waals surface area contributed by atoms with E-state index in [1.807, 2.05) is 0 Å². The highest BCUT2D eigenvalue weighted by Gasteiger charge is 2.19. The van der Waals surface area contributed by atoms with Gasteiger partial charge in [0.25, 0.3) is 5.97 Å². The van der Waals surface area contributed by atoms with Gasteiger partial charge in [0.05, 0.1) is 0 Å². The second-order valence-electron chi connectivity index (χ2n) is 8.63. The Bertz CT molecular complexity index is 345. The topological polar surface area (TPSA) is 26.3 Å². The summed E-state index contributed by atoms with van der Waals surface area (Å²) in [6, 6.07) is 0. The quantitative estimate of drug-likeness (QED) is 0.136. The molecule has 0 radical (unpaired) electrons. The first kappa shape index (κ1) is 25.4. The Balaban J connectivity index is 3.22. The van der Waals surface area contributed by atoms with Crippen LogP contribution in [-0.4, -0.2) is 14.3 Å². The van der Waals surface area contributed by atoms with Crippen LogP contribution in [0.2, 0.25) is 19.6 Å². The van der Waals surface area contributed by atoms with Crippen LogP contribution >= 0.6 is 0 Å². The third-order valence-corrected chi connectivity index (χ3v) is 5.40. The molecule has 0 aromatic rings. The average molecular weight is 383 g/mol. The van der Waals surface area contributed by atoms with E-state index in [1.54, 1.807) is 0 Å². The first-order chi connectivity index (χ1) is 12.5. The van der Waals surface area contributed by atoms with Crippen molar-refractivity contribution < 1.29 is 9.22 Å². The molecule has 0 heterocycles. The minimum Gasteiger partial charge on any atom is -0.520 e. The fourth-order valence-corrected chi connectivity index (χ4v) is 3.87. The Hall–Kier alpha value is -0.573. The molecular formula is C23H46O2Si. The van der Waals surface area contributed by atoms with E-state index < -0.39 is 8.32 Å². The maximum absolute atomic E-state index is 11.6. The van der Waals surface area contributed by atoms with Crippen molar-refractivity contribution >= 4 is 14.3 Å². The number of unbranched alkanes of at least 4 members (excludes halogenated alkanes) is 13. The molecule has 0 aromatic carbocycles. The van der Waals surface area contributed by atoms with Gasteiger partial charge in [-0.1, -0.05) is 83.3 Å². The molecule has 0 saturated carbocycles. The summed E-state index contributed by atoms with van der Waals surface area (Å²) >= 11 is 0. The zero-order valence-electron chi connectivity index (χ0n) is 18.3. The van der Waals surface area contributed by atoms with E-state index >= 15 is 0 Å². The number of hydrogen-bond donors (Lipinski definition) is 0. The van der Waals surface area contributed by atoms with Gasteiger partial charge in [0.1, 0.15) is 0 Å². The summed E-state index contributed by atoms with van der Waals surface area (Å²) in [5.74, 6) is 0.0110. The molecule has 0 rings (SSSR count). The molecular weight excluding hydrogens is 336 g/mol. The third kappa shape index (κ3) is 21.5. The van der Waals surface area contributed by atoms with Crippen molar-refractivity contribution in [3.63, 3.8) is 0 Å². The van der Waals surface area contributed by atoms with Crippen molar-refractivity contribution in [1.82, 2.24) is 0 Å². The van der Waals surface area contributed by atoms with E-state index in [0.717, 1.165) is 6.42 Å². The first-order valence-corrected chi connectivity index (χ1v) is 14.7. The third-order valence-electron chi connectivity index (χ3n) is 4.56. The molecule has 0 aliphatic carbocycles. The number of allylic oxidation sites excluding steroid dienone is 2. The highest BCUT2D eigenvalue weighted by molar-refractivity contribution is 6.71. The zero-order valence-corrected chi connectivity index (χ0v) is 19.3. The predicted molar refractivity (Wildman–Crippen MR) is 118 cm³/mol. The lowest BCUT2D eigenvalue weighted by atomic mass is 10.1. The van der Waals surface area contributed by atoms with Crippen LogP contribution in [-0.2, 0) is 9.22 Å². The lowest BCUT2D eigenvalue weighted by molar-refractivity contribution is -0.135. The van der Waals surface area contributed by atoms with Crippen molar-refractivity contribution in [2.75, 3.05) is 0 Å². The minimum absolute atomic E-state index is 0.0110. The van der Waals surface area contributed by atoms with Gasteiger partial charge in [-0.3, -0.25) is 4.79 Å². The van der Waals surface area contributed by atoms with Crippen molar-refractivity contribution in [3.8, 4) is 0 Å². The molecule has 0 N–H and O–H groups in total. The summed E-state index contributed by atoms with van der Waals surface area (Å²) in [5, 5.41) is 0. The van der Waals surface area contributed by atoms with Gasteiger partial charge in [0, 0.05) is 6.42 Å². The monoisotopic (exact) mass is 382 g/mol. The highest BCUT2D eigenvalue weighted by Crippen LogP contribution is 2.12. The van der Waals surface area contributed by atoms with E-state index in [2.05, 4.69) is 38.7 Å². The smallest absolute Gasteiger partial charge is 0.292 e. The second kappa shape index (κ2) is 17.8. The van der Waals surface area contributed by atoms with Gasteiger partial charge in [0.15, 0.2) is 0 Å². The Morgan fingerprint density at radius 1 is 0.692 bits per heavy atom. The van der Waals surface area contributed by atoms with E-state index in [4.69, 9.17) is 4.43 Å². The number of rotatable bonds is 18. The molecule has 0 fully saturated rings. The molecule has 0 unspecified atom stereocenters. The van der Waals surface area contributed by atoms with Crippen LogP contribution < -0.4 is 0 Å². The Kier molecular flexibility index (Phi) is 17.4. The van der Waals surface area contributed by atoms with Gasteiger partial charge in [0.2, 0.25) is 8.32 Å². The molecule has 0 bridgehead atoms. The number of carbonyl (C=O) groups excluding carboxylic acids is 1. The van der Waals surface area contributed by atoms with Gasteiger partial charge in [-0.15, -0.1) is 0 Å². The van der Waals surface area contributed by atoms with Gasteiger partial charge >= 0.3 is 0 Å². The van der Waals surface area contributed by atoms with E-state index in [9.17, 15) is 4.79 Å². The molecule has 0 saturated heterocycles. The van der Waals surface area contributed by atoms with E-state index in [0.29, 0.717) is 6.42 Å². The maximum Gasteiger partial charge on any atom is 0.292 e. The Morgan fingerprint density at radius 3 is 1.58 bits per heavy atom. The normalized spacial score (nSPS) is 12.0. The molecule has 0 spiro atoms. The van der Waals surface area contributed by atoms with Crippen LogP contribution in [0.15, 0.2) is 12.2 Å². The van der Waals surface area contributed by atoms with Gasteiger partial charge < -0.3 is 4.43 Å². The lowest BCUT2D eigenvalue weighted by Crippen LogP contribution is -2.28. The van der Waals surface area contributed by atoms with Crippen LogP contribution in [0.5, 0.6) is 0 Å². The van der Waals surface area contributed by atoms with Gasteiger partial charge in [-0.2, -0.15) is 0 Å². The van der Waals surface area contributed by atoms with Crippen LogP contribution in [0.3, 0.4) is 0 Å². The molecule has 0 aromatic heterocycles. The molecule has 0 aliphatic heterocycles. The summed E-state index contributed by atoms with van der Waals surface area (Å²) in [6.07, 6.45) is 25.0. The largest absolute Gasteiger partial charge is 0.520 e. The van der Waals surface area contributed by atoms with Crippen molar-refractivity contribution in [2.24, 2.45) is 0 Å². The maximum atomic E-state index is 11.6. The molecule has 2 nitrogen and oxygen atoms in total. The highest BCUT2D eigenvalue weighted by atomic mass is 28.4. The second-order valence-corrected chi connectivity index (χ2v) is 13.1. The molecule has 26 heavy (non-hydrogen) atoms. The van der Waals surface area contributed by atoms with Crippen molar-refractivity contribution in [1.29, 1.82) is 0 Å². The zero-order chi connectivity index (χ0) is 19.5. The summed E-state index contributed by atoms with van der Waals surface area (Å²) in [4.78, 5) is 11.6. The van der Waals surface area contributed by atoms with Gasteiger partial charge in [-0.05, 0) is 51.7 Å². The first-order valence-electron chi connectivity index (χ1n) is 11.3. The predicted octanol–water partition coefficient (Wildman–Crippen LogP) is 8.18. The summed E-state index contributed by atoms with van der Waals surface area (Å²) in [7, 11) is -1.69. The fraction of sp³-hybridized carbons (Fsp3) is 0.870. The minimum atomic E-state index is -1.69. The summed E-state index contributed by atoms with van der Waals surface area (Å²) < 4.78 is 5.46. The Morgan fingerprint density at radius 2 is 1.12 bits per heavy atom. The summed E-state index contributed by atoms with van der Waals surface area (Å²) in [5.41, 5.74) is 0. The lowest BCUT2D eigenvalue weighted by Gasteiger charge is -2.17. The molecule has 154 valence electrons. The van der Waals surface area contributed by atoms with Crippen LogP contribution in [0.25, 0.3) is 0 Å². The standard InChI is InChI=1S/C23H46O2Si/c1-5-6-7-8-9-10-11-12-13-14-15-16-17-18-19-20-21-22-23(24)25-26(2,3)4/h12-13H,5-11,14-22H2,1-4H3/b13-12-. The van der Waals surface area contributed by atoms with Crippen LogP contribution in [0.4, 0.5) is 0 Å². The average Bonchev–Trinajstić information content (AvgIpc) is 2.56. The number of hydrogen-bond acceptors (Lipinski definition) is 2. The Labute approximate surface area is 165 Å². The van der Waals surface area contributed by atoms with Crippen molar-refractivity contribution in [3.05, 3.63) is 12.2 Å². The molecule has 3 heteroatoms. The molecule has 0 atom stereocenters. The van der Waals surface area contributed by atoms with E-state index in [1.165, 1.54) is 89.9 Å². The van der Waals surface area contributed by atoms with Gasteiger partial charge in [-0.25, -0.2) is 0 Å². The van der Waals surface area contributed by atoms with Crippen LogP contribution in [0, 0.1) is 0 Å². The van der Waals surface area contributed by atoms with E-state index in [-0.39, 0.29) is 5.97 Å². The van der Waals surface area contributed by atoms with Crippen LogP contribution in [0.1, 0.15) is 110 Å². The summed E-state index contributed by atoms with van der Waals surface area (Å²) in [6.45, 7) is 8.47. The SMILES string of the molecule is CCCCCCCC/C=C\CCCCCCCCCC(=O)O[Si](C)(C)C. The number of carbonyl (C=O) groups is 1. The fourth-order valence-electron chi connectivity index (χ4n) is 3.09. The molecule has 0 aliphatic rings. The van der Waals surface area contributed by atoms with Crippen molar-refractivity contribution in [2.45, 2.75) is 129 Å². The molecule has 0 amide bonds.